The molecule has 1 aromatic heterocycles. The molecule has 1 aliphatic heterocycles. The van der Waals surface area contributed by atoms with Gasteiger partial charge in [0.05, 0.1) is 25.3 Å². The van der Waals surface area contributed by atoms with Gasteiger partial charge in [0.2, 0.25) is 0 Å². The van der Waals surface area contributed by atoms with Gasteiger partial charge in [0.1, 0.15) is 12.3 Å². The van der Waals surface area contributed by atoms with Crippen molar-refractivity contribution in [1.82, 2.24) is 4.57 Å². The normalized spacial score (nSPS) is 17.3. The van der Waals surface area contributed by atoms with Gasteiger partial charge >= 0.3 is 5.97 Å². The Morgan fingerprint density at radius 3 is 3.00 bits per heavy atom. The standard InChI is InChI=1S/C20H27NO5/c1-2-23-19(22)15-21-11-10-16-17(21)7-5-8-18(16)24-13-6-14-26-20-9-3-4-12-25-20/h5,7-8,10-11,20H,2-4,6,9,12-15H2,1H3. The first-order chi connectivity index (χ1) is 12.8. The van der Waals surface area contributed by atoms with Crippen LogP contribution in [-0.4, -0.2) is 43.3 Å². The summed E-state index contributed by atoms with van der Waals surface area (Å²) < 4.78 is 24.1. The van der Waals surface area contributed by atoms with Gasteiger partial charge in [0.15, 0.2) is 6.29 Å². The van der Waals surface area contributed by atoms with Crippen molar-refractivity contribution in [2.75, 3.05) is 26.4 Å². The summed E-state index contributed by atoms with van der Waals surface area (Å²) in [5, 5.41) is 0.994. The molecule has 6 nitrogen and oxygen atoms in total. The van der Waals surface area contributed by atoms with E-state index in [1.807, 2.05) is 42.0 Å². The van der Waals surface area contributed by atoms with Gasteiger partial charge in [-0.15, -0.1) is 0 Å². The van der Waals surface area contributed by atoms with Crippen molar-refractivity contribution in [3.63, 3.8) is 0 Å². The minimum atomic E-state index is -0.238. The lowest BCUT2D eigenvalue weighted by Crippen LogP contribution is -2.23. The van der Waals surface area contributed by atoms with Crippen LogP contribution in [0.3, 0.4) is 0 Å². The first kappa shape index (κ1) is 18.7. The highest BCUT2D eigenvalue weighted by Gasteiger charge is 2.14. The number of fused-ring (bicyclic) bond motifs is 1. The minimum Gasteiger partial charge on any atom is -0.493 e. The number of esters is 1. The molecular weight excluding hydrogens is 334 g/mol. The molecule has 0 aliphatic carbocycles. The van der Waals surface area contributed by atoms with Crippen LogP contribution in [0.25, 0.3) is 10.9 Å². The van der Waals surface area contributed by atoms with E-state index in [1.165, 1.54) is 6.42 Å². The van der Waals surface area contributed by atoms with Crippen LogP contribution >= 0.6 is 0 Å². The third-order valence-corrected chi connectivity index (χ3v) is 4.37. The average Bonchev–Trinajstić information content (AvgIpc) is 3.06. The van der Waals surface area contributed by atoms with E-state index < -0.39 is 0 Å². The molecule has 1 atom stereocenters. The lowest BCUT2D eigenvalue weighted by Gasteiger charge is -2.22. The van der Waals surface area contributed by atoms with Crippen LogP contribution in [0.2, 0.25) is 0 Å². The van der Waals surface area contributed by atoms with Crippen LogP contribution in [0.15, 0.2) is 30.5 Å². The molecule has 26 heavy (non-hydrogen) atoms. The maximum atomic E-state index is 11.7. The second-order valence-corrected chi connectivity index (χ2v) is 6.31. The number of ether oxygens (including phenoxy) is 4. The van der Waals surface area contributed by atoms with E-state index >= 15 is 0 Å². The summed E-state index contributed by atoms with van der Waals surface area (Å²) in [6.45, 7) is 4.41. The third kappa shape index (κ3) is 4.99. The first-order valence-electron chi connectivity index (χ1n) is 9.37. The second-order valence-electron chi connectivity index (χ2n) is 6.31. The summed E-state index contributed by atoms with van der Waals surface area (Å²) in [7, 11) is 0. The molecule has 2 aromatic rings. The van der Waals surface area contributed by atoms with E-state index in [4.69, 9.17) is 18.9 Å². The van der Waals surface area contributed by atoms with E-state index in [-0.39, 0.29) is 18.8 Å². The van der Waals surface area contributed by atoms with Gasteiger partial charge in [-0.25, -0.2) is 0 Å². The van der Waals surface area contributed by atoms with Crippen LogP contribution < -0.4 is 4.74 Å². The fourth-order valence-electron chi connectivity index (χ4n) is 3.10. The predicted molar refractivity (Wildman–Crippen MR) is 98.2 cm³/mol. The van der Waals surface area contributed by atoms with Crippen molar-refractivity contribution in [2.24, 2.45) is 0 Å². The summed E-state index contributed by atoms with van der Waals surface area (Å²) >= 11 is 0. The monoisotopic (exact) mass is 361 g/mol. The van der Waals surface area contributed by atoms with Gasteiger partial charge in [-0.3, -0.25) is 4.79 Å². The van der Waals surface area contributed by atoms with Gasteiger partial charge in [-0.1, -0.05) is 6.07 Å². The molecule has 1 saturated heterocycles. The Morgan fingerprint density at radius 1 is 1.27 bits per heavy atom. The molecule has 1 fully saturated rings. The number of rotatable bonds is 9. The zero-order chi connectivity index (χ0) is 18.2. The summed E-state index contributed by atoms with van der Waals surface area (Å²) in [5.41, 5.74) is 0.961. The Bertz CT molecular complexity index is 705. The smallest absolute Gasteiger partial charge is 0.325 e. The quantitative estimate of drug-likeness (QED) is 0.505. The lowest BCUT2D eigenvalue weighted by atomic mass is 10.2. The minimum absolute atomic E-state index is 0.0518. The molecule has 0 radical (unpaired) electrons. The summed E-state index contributed by atoms with van der Waals surface area (Å²) in [6, 6.07) is 7.83. The van der Waals surface area contributed by atoms with Crippen LogP contribution in [-0.2, 0) is 25.5 Å². The summed E-state index contributed by atoms with van der Waals surface area (Å²) in [6.07, 6.45) is 5.92. The fraction of sp³-hybridized carbons (Fsp3) is 0.550. The predicted octanol–water partition coefficient (Wildman–Crippen LogP) is 3.52. The van der Waals surface area contributed by atoms with Crippen LogP contribution in [0, 0.1) is 0 Å². The van der Waals surface area contributed by atoms with E-state index in [1.54, 1.807) is 0 Å². The first-order valence-corrected chi connectivity index (χ1v) is 9.37. The number of nitrogens with zero attached hydrogens (tertiary/aromatic N) is 1. The van der Waals surface area contributed by atoms with Crippen molar-refractivity contribution in [3.8, 4) is 5.75 Å². The highest BCUT2D eigenvalue weighted by Crippen LogP contribution is 2.27. The molecule has 6 heteroatoms. The van der Waals surface area contributed by atoms with Crippen molar-refractivity contribution in [2.45, 2.75) is 45.4 Å². The molecular formula is C20H27NO5. The van der Waals surface area contributed by atoms with Crippen LogP contribution in [0.4, 0.5) is 0 Å². The van der Waals surface area contributed by atoms with Crippen molar-refractivity contribution in [3.05, 3.63) is 30.5 Å². The number of aromatic nitrogens is 1. The molecule has 0 amide bonds. The molecule has 0 saturated carbocycles. The highest BCUT2D eigenvalue weighted by atomic mass is 16.7. The van der Waals surface area contributed by atoms with E-state index in [9.17, 15) is 4.79 Å². The van der Waals surface area contributed by atoms with E-state index in [2.05, 4.69) is 0 Å². The van der Waals surface area contributed by atoms with Crippen LogP contribution in [0.1, 0.15) is 32.6 Å². The zero-order valence-electron chi connectivity index (χ0n) is 15.3. The SMILES string of the molecule is CCOC(=O)Cn1ccc2c(OCCCOC3CCCCO3)cccc21. The number of carbonyl (C=O) groups is 1. The number of hydrogen-bond acceptors (Lipinski definition) is 5. The average molecular weight is 361 g/mol. The van der Waals surface area contributed by atoms with Gasteiger partial charge in [-0.2, -0.15) is 0 Å². The molecule has 2 heterocycles. The molecule has 142 valence electrons. The highest BCUT2D eigenvalue weighted by molar-refractivity contribution is 5.87. The second kappa shape index (κ2) is 9.59. The summed E-state index contributed by atoms with van der Waals surface area (Å²) in [5.74, 6) is 0.581. The molecule has 0 bridgehead atoms. The molecule has 0 N–H and O–H groups in total. The maximum Gasteiger partial charge on any atom is 0.325 e. The largest absolute Gasteiger partial charge is 0.493 e. The van der Waals surface area contributed by atoms with Crippen molar-refractivity contribution < 1.29 is 23.7 Å². The van der Waals surface area contributed by atoms with Gasteiger partial charge in [0.25, 0.3) is 0 Å². The Kier molecular flexibility index (Phi) is 6.91. The van der Waals surface area contributed by atoms with Gasteiger partial charge < -0.3 is 23.5 Å². The summed E-state index contributed by atoms with van der Waals surface area (Å²) in [4.78, 5) is 11.7. The number of hydrogen-bond donors (Lipinski definition) is 0. The topological polar surface area (TPSA) is 58.9 Å². The van der Waals surface area contributed by atoms with E-state index in [0.29, 0.717) is 19.8 Å². The maximum absolute atomic E-state index is 11.7. The van der Waals surface area contributed by atoms with Gasteiger partial charge in [-0.05, 0) is 44.4 Å². The molecule has 0 spiro atoms. The molecule has 1 aromatic carbocycles. The Hall–Kier alpha value is -2.05. The Labute approximate surface area is 154 Å². The number of carbonyl (C=O) groups excluding carboxylic acids is 1. The van der Waals surface area contributed by atoms with Crippen molar-refractivity contribution in [1.29, 1.82) is 0 Å². The Morgan fingerprint density at radius 2 is 2.19 bits per heavy atom. The fourth-order valence-corrected chi connectivity index (χ4v) is 3.10. The lowest BCUT2D eigenvalue weighted by molar-refractivity contribution is -0.163. The molecule has 1 unspecified atom stereocenters. The zero-order valence-corrected chi connectivity index (χ0v) is 15.3. The molecule has 3 rings (SSSR count). The number of benzene rings is 1. The molecule has 1 aliphatic rings. The van der Waals surface area contributed by atoms with Crippen molar-refractivity contribution >= 4 is 16.9 Å². The van der Waals surface area contributed by atoms with Gasteiger partial charge in [0, 0.05) is 24.6 Å². The third-order valence-electron chi connectivity index (χ3n) is 4.37. The van der Waals surface area contributed by atoms with E-state index in [0.717, 1.165) is 42.5 Å². The van der Waals surface area contributed by atoms with Crippen LogP contribution in [0.5, 0.6) is 5.75 Å². The Balaban J connectivity index is 1.50.